The molecule has 0 aliphatic heterocycles. The molecular weight excluding hydrogens is 360 g/mol. The molecule has 0 saturated carbocycles. The minimum Gasteiger partial charge on any atom is -0.491 e. The van der Waals surface area contributed by atoms with E-state index >= 15 is 0 Å². The molecule has 0 saturated heterocycles. The summed E-state index contributed by atoms with van der Waals surface area (Å²) in [6, 6.07) is 24.1. The summed E-state index contributed by atoms with van der Waals surface area (Å²) in [4.78, 5) is 12.3. The first-order chi connectivity index (χ1) is 14.1. The van der Waals surface area contributed by atoms with Gasteiger partial charge < -0.3 is 15.4 Å². The van der Waals surface area contributed by atoms with Crippen LogP contribution in [-0.4, -0.2) is 19.1 Å². The lowest BCUT2D eigenvalue weighted by molar-refractivity contribution is -0.114. The number of anilines is 2. The summed E-state index contributed by atoms with van der Waals surface area (Å²) in [6.07, 6.45) is 1.92. The van der Waals surface area contributed by atoms with E-state index in [1.807, 2.05) is 56.3 Å². The number of hydrogen-bond donors (Lipinski definition) is 2. The lowest BCUT2D eigenvalue weighted by Crippen LogP contribution is -2.22. The fraction of sp³-hybridized carbons (Fsp3) is 0.240. The van der Waals surface area contributed by atoms with Crippen LogP contribution in [0.1, 0.15) is 23.1 Å². The molecule has 29 heavy (non-hydrogen) atoms. The molecule has 0 bridgehead atoms. The zero-order valence-electron chi connectivity index (χ0n) is 17.1. The quantitative estimate of drug-likeness (QED) is 0.485. The molecule has 150 valence electrons. The maximum atomic E-state index is 12.3. The molecule has 3 aromatic carbocycles. The van der Waals surface area contributed by atoms with Gasteiger partial charge in [-0.2, -0.15) is 0 Å². The number of rotatable bonds is 9. The number of aryl methyl sites for hydroxylation is 3. The van der Waals surface area contributed by atoms with Gasteiger partial charge in [-0.05, 0) is 67.6 Å². The van der Waals surface area contributed by atoms with Crippen molar-refractivity contribution in [2.75, 3.05) is 23.8 Å². The van der Waals surface area contributed by atoms with Crippen molar-refractivity contribution >= 4 is 17.3 Å². The highest BCUT2D eigenvalue weighted by Crippen LogP contribution is 2.24. The summed E-state index contributed by atoms with van der Waals surface area (Å²) < 4.78 is 5.95. The number of nitrogens with one attached hydrogen (secondary N) is 2. The van der Waals surface area contributed by atoms with Crippen molar-refractivity contribution in [3.05, 3.63) is 89.5 Å². The van der Waals surface area contributed by atoms with Crippen molar-refractivity contribution in [1.29, 1.82) is 0 Å². The highest BCUT2D eigenvalue weighted by Gasteiger charge is 2.07. The van der Waals surface area contributed by atoms with Gasteiger partial charge in [0, 0.05) is 5.69 Å². The summed E-state index contributed by atoms with van der Waals surface area (Å²) in [5.41, 5.74) is 5.21. The van der Waals surface area contributed by atoms with Crippen LogP contribution in [0.15, 0.2) is 72.8 Å². The highest BCUT2D eigenvalue weighted by molar-refractivity contribution is 5.94. The van der Waals surface area contributed by atoms with Gasteiger partial charge in [0.2, 0.25) is 5.91 Å². The predicted octanol–water partition coefficient (Wildman–Crippen LogP) is 5.37. The standard InChI is InChI=1S/C25H28N2O2/c1-19-15-20(2)17-22(16-19)27-25(28)18-26-23-12-6-7-13-24(23)29-14-8-11-21-9-4-3-5-10-21/h3-7,9-10,12-13,15-17,26H,8,11,14,18H2,1-2H3,(H,27,28). The van der Waals surface area contributed by atoms with Crippen molar-refractivity contribution in [2.45, 2.75) is 26.7 Å². The summed E-state index contributed by atoms with van der Waals surface area (Å²) in [6.45, 7) is 4.85. The number of hydrogen-bond acceptors (Lipinski definition) is 3. The maximum Gasteiger partial charge on any atom is 0.243 e. The number of benzene rings is 3. The minimum absolute atomic E-state index is 0.0890. The smallest absolute Gasteiger partial charge is 0.243 e. The summed E-state index contributed by atoms with van der Waals surface area (Å²) in [5, 5.41) is 6.13. The van der Waals surface area contributed by atoms with E-state index < -0.39 is 0 Å². The highest BCUT2D eigenvalue weighted by atomic mass is 16.5. The second-order valence-electron chi connectivity index (χ2n) is 7.21. The average molecular weight is 389 g/mol. The lowest BCUT2D eigenvalue weighted by Gasteiger charge is -2.13. The first kappa shape index (κ1) is 20.5. The Bertz CT molecular complexity index is 918. The number of para-hydroxylation sites is 2. The predicted molar refractivity (Wildman–Crippen MR) is 120 cm³/mol. The molecule has 0 radical (unpaired) electrons. The molecule has 0 fully saturated rings. The van der Waals surface area contributed by atoms with Gasteiger partial charge in [0.1, 0.15) is 5.75 Å². The minimum atomic E-state index is -0.0890. The van der Waals surface area contributed by atoms with Gasteiger partial charge in [-0.25, -0.2) is 0 Å². The normalized spacial score (nSPS) is 10.4. The Balaban J connectivity index is 1.48. The van der Waals surface area contributed by atoms with Crippen LogP contribution in [0.3, 0.4) is 0 Å². The Labute approximate surface area is 172 Å². The van der Waals surface area contributed by atoms with Gasteiger partial charge in [0.25, 0.3) is 0 Å². The first-order valence-corrected chi connectivity index (χ1v) is 9.98. The van der Waals surface area contributed by atoms with Crippen LogP contribution in [0.25, 0.3) is 0 Å². The molecule has 1 amide bonds. The Morgan fingerprint density at radius 2 is 1.59 bits per heavy atom. The van der Waals surface area contributed by atoms with Crippen molar-refractivity contribution < 1.29 is 9.53 Å². The zero-order chi connectivity index (χ0) is 20.5. The zero-order valence-corrected chi connectivity index (χ0v) is 17.1. The Morgan fingerprint density at radius 1 is 0.897 bits per heavy atom. The second kappa shape index (κ2) is 10.3. The van der Waals surface area contributed by atoms with E-state index in [1.165, 1.54) is 5.56 Å². The molecule has 3 aromatic rings. The Hall–Kier alpha value is -3.27. The average Bonchev–Trinajstić information content (AvgIpc) is 2.70. The number of amides is 1. The third kappa shape index (κ3) is 6.68. The monoisotopic (exact) mass is 388 g/mol. The van der Waals surface area contributed by atoms with E-state index in [0.717, 1.165) is 41.1 Å². The van der Waals surface area contributed by atoms with Gasteiger partial charge in [0.15, 0.2) is 0 Å². The first-order valence-electron chi connectivity index (χ1n) is 9.98. The fourth-order valence-corrected chi connectivity index (χ4v) is 3.27. The fourth-order valence-electron chi connectivity index (χ4n) is 3.27. The number of carbonyl (C=O) groups is 1. The molecule has 0 unspecified atom stereocenters. The van der Waals surface area contributed by atoms with Crippen LogP contribution in [-0.2, 0) is 11.2 Å². The van der Waals surface area contributed by atoms with E-state index in [9.17, 15) is 4.79 Å². The Kier molecular flexibility index (Phi) is 7.28. The van der Waals surface area contributed by atoms with Crippen LogP contribution >= 0.6 is 0 Å². The van der Waals surface area contributed by atoms with Gasteiger partial charge in [0.05, 0.1) is 18.8 Å². The third-order valence-corrected chi connectivity index (χ3v) is 4.54. The topological polar surface area (TPSA) is 50.4 Å². The van der Waals surface area contributed by atoms with Crippen molar-refractivity contribution in [3.8, 4) is 5.75 Å². The van der Waals surface area contributed by atoms with Crippen molar-refractivity contribution in [3.63, 3.8) is 0 Å². The van der Waals surface area contributed by atoms with Gasteiger partial charge in [-0.15, -0.1) is 0 Å². The molecule has 4 heteroatoms. The molecule has 4 nitrogen and oxygen atoms in total. The molecule has 3 rings (SSSR count). The van der Waals surface area contributed by atoms with Crippen LogP contribution in [0.4, 0.5) is 11.4 Å². The molecule has 0 aromatic heterocycles. The maximum absolute atomic E-state index is 12.3. The molecule has 0 atom stereocenters. The van der Waals surface area contributed by atoms with Crippen LogP contribution in [0.2, 0.25) is 0 Å². The molecule has 0 aliphatic carbocycles. The van der Waals surface area contributed by atoms with Gasteiger partial charge >= 0.3 is 0 Å². The van der Waals surface area contributed by atoms with Crippen molar-refractivity contribution in [1.82, 2.24) is 0 Å². The lowest BCUT2D eigenvalue weighted by atomic mass is 10.1. The van der Waals surface area contributed by atoms with E-state index in [1.54, 1.807) is 0 Å². The van der Waals surface area contributed by atoms with Crippen LogP contribution < -0.4 is 15.4 Å². The Morgan fingerprint density at radius 3 is 2.34 bits per heavy atom. The number of ether oxygens (including phenoxy) is 1. The van der Waals surface area contributed by atoms with Gasteiger partial charge in [-0.3, -0.25) is 4.79 Å². The largest absolute Gasteiger partial charge is 0.491 e. The molecular formula is C25H28N2O2. The van der Waals surface area contributed by atoms with Gasteiger partial charge in [-0.1, -0.05) is 48.5 Å². The van der Waals surface area contributed by atoms with E-state index in [4.69, 9.17) is 4.74 Å². The molecule has 0 heterocycles. The van der Waals surface area contributed by atoms with Crippen LogP contribution in [0, 0.1) is 13.8 Å². The van der Waals surface area contributed by atoms with Crippen LogP contribution in [0.5, 0.6) is 5.75 Å². The third-order valence-electron chi connectivity index (χ3n) is 4.54. The second-order valence-corrected chi connectivity index (χ2v) is 7.21. The molecule has 2 N–H and O–H groups in total. The van der Waals surface area contributed by atoms with Crippen molar-refractivity contribution in [2.24, 2.45) is 0 Å². The molecule has 0 spiro atoms. The number of carbonyl (C=O) groups excluding carboxylic acids is 1. The van der Waals surface area contributed by atoms with E-state index in [2.05, 4.69) is 41.0 Å². The summed E-state index contributed by atoms with van der Waals surface area (Å²) >= 11 is 0. The summed E-state index contributed by atoms with van der Waals surface area (Å²) in [5.74, 6) is 0.675. The van der Waals surface area contributed by atoms with E-state index in [-0.39, 0.29) is 12.5 Å². The summed E-state index contributed by atoms with van der Waals surface area (Å²) in [7, 11) is 0. The van der Waals surface area contributed by atoms with E-state index in [0.29, 0.717) is 6.61 Å². The SMILES string of the molecule is Cc1cc(C)cc(NC(=O)CNc2ccccc2OCCCc2ccccc2)c1. The molecule has 0 aliphatic rings.